The summed E-state index contributed by atoms with van der Waals surface area (Å²) in [4.78, 5) is 12.4. The van der Waals surface area contributed by atoms with Gasteiger partial charge in [-0.25, -0.2) is 0 Å². The average Bonchev–Trinajstić information content (AvgIpc) is 2.88. The second-order valence-electron chi connectivity index (χ2n) is 6.92. The molecule has 0 saturated heterocycles. The second kappa shape index (κ2) is 23.7. The normalized spacial score (nSPS) is 11.3. The number of amides is 1. The van der Waals surface area contributed by atoms with Gasteiger partial charge >= 0.3 is 0 Å². The Morgan fingerprint density at radius 1 is 0.912 bits per heavy atom. The minimum absolute atomic E-state index is 0.00841. The van der Waals surface area contributed by atoms with Gasteiger partial charge in [0.1, 0.15) is 5.75 Å². The third-order valence-corrected chi connectivity index (χ3v) is 4.39. The summed E-state index contributed by atoms with van der Waals surface area (Å²) >= 11 is 0. The quantitative estimate of drug-likeness (QED) is 0.393. The monoisotopic (exact) mass is 477 g/mol. The van der Waals surface area contributed by atoms with Crippen molar-refractivity contribution in [1.29, 1.82) is 0 Å². The van der Waals surface area contributed by atoms with Crippen LogP contribution in [0.2, 0.25) is 0 Å². The lowest BCUT2D eigenvalue weighted by atomic mass is 10.1. The number of nitrogens with one attached hydrogen (secondary N) is 1. The van der Waals surface area contributed by atoms with Crippen molar-refractivity contribution in [1.82, 2.24) is 5.32 Å². The number of hydrogen-bond donors (Lipinski definition) is 3. The molecule has 0 spiro atoms. The van der Waals surface area contributed by atoms with E-state index in [1.165, 1.54) is 0 Å². The van der Waals surface area contributed by atoms with Gasteiger partial charge in [0, 0.05) is 20.1 Å². The van der Waals surface area contributed by atoms with Crippen LogP contribution in [0.1, 0.15) is 59.1 Å². The van der Waals surface area contributed by atoms with E-state index in [2.05, 4.69) is 5.32 Å². The van der Waals surface area contributed by atoms with Crippen LogP contribution in [0.15, 0.2) is 54.6 Å². The van der Waals surface area contributed by atoms with Gasteiger partial charge < -0.3 is 25.0 Å². The standard InChI is InChI=1S/C23H31NO4.2C2H6.CH4O/c1-3-28-18(2)16-27-17-21(15-20-9-12-22(25)13-10-20)24-23(26)14-11-19-7-5-4-6-8-19;3*1-2/h4-10,12-13,18,21,25H,3,11,14-17H2,1-2H3,(H,24,26);2*1-2H3;2H,1H3/t18-,21?;;;/m0.../s1. The molecule has 34 heavy (non-hydrogen) atoms. The Labute approximate surface area is 207 Å². The number of aliphatic hydroxyl groups excluding tert-OH is 1. The lowest BCUT2D eigenvalue weighted by Gasteiger charge is -2.20. The van der Waals surface area contributed by atoms with E-state index in [-0.39, 0.29) is 23.8 Å². The van der Waals surface area contributed by atoms with Crippen molar-refractivity contribution in [2.24, 2.45) is 0 Å². The molecule has 0 aliphatic rings. The Balaban J connectivity index is 0. The largest absolute Gasteiger partial charge is 0.508 e. The minimum Gasteiger partial charge on any atom is -0.508 e. The van der Waals surface area contributed by atoms with E-state index in [1.807, 2.05) is 84.0 Å². The first-order valence-corrected chi connectivity index (χ1v) is 12.3. The lowest BCUT2D eigenvalue weighted by Crippen LogP contribution is -2.40. The first-order chi connectivity index (χ1) is 16.6. The smallest absolute Gasteiger partial charge is 0.220 e. The third-order valence-electron chi connectivity index (χ3n) is 4.39. The number of ether oxygens (including phenoxy) is 2. The second-order valence-corrected chi connectivity index (χ2v) is 6.92. The number of aliphatic hydroxyl groups is 1. The predicted octanol–water partition coefficient (Wildman–Crippen LogP) is 5.15. The van der Waals surface area contributed by atoms with Crippen molar-refractivity contribution in [3.05, 3.63) is 65.7 Å². The zero-order valence-corrected chi connectivity index (χ0v) is 22.2. The number of rotatable bonds is 12. The van der Waals surface area contributed by atoms with E-state index < -0.39 is 0 Å². The van der Waals surface area contributed by atoms with Crippen LogP contribution in [0.3, 0.4) is 0 Å². The molecule has 0 fully saturated rings. The summed E-state index contributed by atoms with van der Waals surface area (Å²) in [6.07, 6.45) is 1.81. The highest BCUT2D eigenvalue weighted by Crippen LogP contribution is 2.12. The molecule has 3 N–H and O–H groups in total. The molecule has 1 amide bonds. The van der Waals surface area contributed by atoms with Crippen molar-refractivity contribution < 1.29 is 24.5 Å². The van der Waals surface area contributed by atoms with Gasteiger partial charge in [0.05, 0.1) is 25.4 Å². The van der Waals surface area contributed by atoms with Crippen molar-refractivity contribution in [2.45, 2.75) is 73.0 Å². The van der Waals surface area contributed by atoms with Crippen LogP contribution < -0.4 is 5.32 Å². The summed E-state index contributed by atoms with van der Waals surface area (Å²) in [6, 6.07) is 16.9. The molecule has 0 aromatic heterocycles. The van der Waals surface area contributed by atoms with Gasteiger partial charge in [0.2, 0.25) is 5.91 Å². The van der Waals surface area contributed by atoms with E-state index in [1.54, 1.807) is 12.1 Å². The molecule has 0 heterocycles. The first kappa shape index (κ1) is 33.8. The summed E-state index contributed by atoms with van der Waals surface area (Å²) in [6.45, 7) is 13.5. The van der Waals surface area contributed by atoms with Crippen molar-refractivity contribution >= 4 is 5.91 Å². The molecular formula is C28H47NO5. The highest BCUT2D eigenvalue weighted by molar-refractivity contribution is 5.76. The molecule has 2 atom stereocenters. The zero-order chi connectivity index (χ0) is 26.2. The number of carbonyl (C=O) groups excluding carboxylic acids is 1. The van der Waals surface area contributed by atoms with Gasteiger partial charge in [-0.15, -0.1) is 0 Å². The molecule has 0 bridgehead atoms. The van der Waals surface area contributed by atoms with Gasteiger partial charge in [-0.1, -0.05) is 70.2 Å². The number of aryl methyl sites for hydroxylation is 1. The van der Waals surface area contributed by atoms with Crippen molar-refractivity contribution in [3.63, 3.8) is 0 Å². The van der Waals surface area contributed by atoms with Crippen LogP contribution >= 0.6 is 0 Å². The van der Waals surface area contributed by atoms with Crippen molar-refractivity contribution in [3.8, 4) is 5.75 Å². The average molecular weight is 478 g/mol. The Hall–Kier alpha value is -2.41. The number of aromatic hydroxyl groups is 1. The van der Waals surface area contributed by atoms with Gasteiger partial charge in [-0.2, -0.15) is 0 Å². The van der Waals surface area contributed by atoms with Crippen LogP contribution in [0.4, 0.5) is 0 Å². The van der Waals surface area contributed by atoms with Gasteiger partial charge in [0.25, 0.3) is 0 Å². The maximum atomic E-state index is 12.4. The van der Waals surface area contributed by atoms with Crippen LogP contribution in [0, 0.1) is 0 Å². The van der Waals surface area contributed by atoms with Gasteiger partial charge in [0.15, 0.2) is 0 Å². The maximum absolute atomic E-state index is 12.4. The number of phenolic OH excluding ortho intramolecular Hbond substituents is 1. The molecule has 0 aliphatic carbocycles. The number of phenols is 1. The highest BCUT2D eigenvalue weighted by Gasteiger charge is 2.15. The lowest BCUT2D eigenvalue weighted by molar-refractivity contribution is -0.122. The third kappa shape index (κ3) is 17.1. The predicted molar refractivity (Wildman–Crippen MR) is 141 cm³/mol. The summed E-state index contributed by atoms with van der Waals surface area (Å²) in [7, 11) is 1.00. The summed E-state index contributed by atoms with van der Waals surface area (Å²) in [5.41, 5.74) is 2.18. The molecule has 2 rings (SSSR count). The highest BCUT2D eigenvalue weighted by atomic mass is 16.5. The molecule has 2 aromatic rings. The molecule has 0 radical (unpaired) electrons. The van der Waals surface area contributed by atoms with E-state index in [4.69, 9.17) is 14.6 Å². The summed E-state index contributed by atoms with van der Waals surface area (Å²) in [5, 5.41) is 19.5. The topological polar surface area (TPSA) is 88.0 Å². The van der Waals surface area contributed by atoms with Gasteiger partial charge in [-0.05, 0) is 49.9 Å². The number of carbonyl (C=O) groups is 1. The number of hydrogen-bond acceptors (Lipinski definition) is 5. The molecule has 0 aliphatic heterocycles. The Kier molecular flexibility index (Phi) is 23.6. The SMILES string of the molecule is CC.CC.CCO[C@@H](C)COCC(Cc1ccc(O)cc1)NC(=O)CCc1ccccc1.CO. The fourth-order valence-electron chi connectivity index (χ4n) is 2.98. The van der Waals surface area contributed by atoms with E-state index in [0.717, 1.165) is 18.2 Å². The van der Waals surface area contributed by atoms with Crippen LogP contribution in [-0.4, -0.2) is 55.2 Å². The molecule has 194 valence electrons. The fourth-order valence-corrected chi connectivity index (χ4v) is 2.98. The summed E-state index contributed by atoms with van der Waals surface area (Å²) in [5.74, 6) is 0.239. The Morgan fingerprint density at radius 2 is 1.50 bits per heavy atom. The summed E-state index contributed by atoms with van der Waals surface area (Å²) < 4.78 is 11.3. The zero-order valence-electron chi connectivity index (χ0n) is 22.2. The molecule has 2 aromatic carbocycles. The van der Waals surface area contributed by atoms with Crippen LogP contribution in [0.25, 0.3) is 0 Å². The maximum Gasteiger partial charge on any atom is 0.220 e. The van der Waals surface area contributed by atoms with E-state index in [9.17, 15) is 9.90 Å². The molecule has 1 unspecified atom stereocenters. The first-order valence-electron chi connectivity index (χ1n) is 12.3. The molecular weight excluding hydrogens is 430 g/mol. The van der Waals surface area contributed by atoms with Crippen LogP contribution in [0.5, 0.6) is 5.75 Å². The van der Waals surface area contributed by atoms with E-state index in [0.29, 0.717) is 39.1 Å². The molecule has 6 nitrogen and oxygen atoms in total. The number of benzene rings is 2. The Morgan fingerprint density at radius 3 is 2.06 bits per heavy atom. The fraction of sp³-hybridized carbons (Fsp3) is 0.536. The molecule has 0 saturated carbocycles. The molecule has 6 heteroatoms. The minimum atomic E-state index is -0.137. The van der Waals surface area contributed by atoms with E-state index >= 15 is 0 Å². The van der Waals surface area contributed by atoms with Crippen LogP contribution in [-0.2, 0) is 27.1 Å². The van der Waals surface area contributed by atoms with Crippen molar-refractivity contribution in [2.75, 3.05) is 26.9 Å². The Bertz CT molecular complexity index is 692. The van der Waals surface area contributed by atoms with Gasteiger partial charge in [-0.3, -0.25) is 4.79 Å².